The van der Waals surface area contributed by atoms with Crippen LogP contribution in [0.5, 0.6) is 0 Å². The van der Waals surface area contributed by atoms with E-state index in [1.165, 1.54) is 5.57 Å². The molecule has 12 heavy (non-hydrogen) atoms. The summed E-state index contributed by atoms with van der Waals surface area (Å²) >= 11 is 0. The van der Waals surface area contributed by atoms with Crippen molar-refractivity contribution in [2.24, 2.45) is 11.3 Å². The van der Waals surface area contributed by atoms with Crippen molar-refractivity contribution in [3.63, 3.8) is 0 Å². The normalized spacial score (nSPS) is 34.2. The number of hydrogen-bond donors (Lipinski definition) is 0. The Morgan fingerprint density at radius 2 is 2.17 bits per heavy atom. The average molecular weight is 160 g/mol. The van der Waals surface area contributed by atoms with E-state index in [0.717, 1.165) is 0 Å². The molecular formula is C12H16. The van der Waals surface area contributed by atoms with E-state index in [2.05, 4.69) is 45.2 Å². The Morgan fingerprint density at radius 1 is 1.50 bits per heavy atom. The molecular weight excluding hydrogens is 144 g/mol. The highest BCUT2D eigenvalue weighted by atomic mass is 14.3. The Kier molecular flexibility index (Phi) is 2.37. The Bertz CT molecular complexity index is 255. The first kappa shape index (κ1) is 9.05. The van der Waals surface area contributed by atoms with E-state index >= 15 is 0 Å². The highest BCUT2D eigenvalue weighted by Crippen LogP contribution is 2.38. The second kappa shape index (κ2) is 3.14. The van der Waals surface area contributed by atoms with Gasteiger partial charge in [0.15, 0.2) is 0 Å². The van der Waals surface area contributed by atoms with E-state index in [0.29, 0.717) is 5.92 Å². The molecule has 2 atom stereocenters. The van der Waals surface area contributed by atoms with Crippen molar-refractivity contribution >= 4 is 0 Å². The van der Waals surface area contributed by atoms with Gasteiger partial charge in [-0.2, -0.15) is 0 Å². The standard InChI is InChI=1S/C12H16/c1-5-11-8-7-9-12(4,6-2)10(11)3/h5-10H,1-2H2,3-4H3. The summed E-state index contributed by atoms with van der Waals surface area (Å²) in [6.45, 7) is 12.1. The monoisotopic (exact) mass is 160 g/mol. The topological polar surface area (TPSA) is 0 Å². The van der Waals surface area contributed by atoms with Crippen molar-refractivity contribution in [2.45, 2.75) is 13.8 Å². The lowest BCUT2D eigenvalue weighted by Gasteiger charge is -2.32. The lowest BCUT2D eigenvalue weighted by molar-refractivity contribution is 0.406. The Hall–Kier alpha value is -1.04. The van der Waals surface area contributed by atoms with Gasteiger partial charge in [0.25, 0.3) is 0 Å². The number of hydrogen-bond acceptors (Lipinski definition) is 0. The fourth-order valence-electron chi connectivity index (χ4n) is 1.50. The average Bonchev–Trinajstić information content (AvgIpc) is 2.10. The maximum absolute atomic E-state index is 3.86. The van der Waals surface area contributed by atoms with E-state index < -0.39 is 0 Å². The van der Waals surface area contributed by atoms with Crippen LogP contribution in [0.1, 0.15) is 13.8 Å². The predicted molar refractivity (Wildman–Crippen MR) is 54.9 cm³/mol. The molecule has 0 amide bonds. The van der Waals surface area contributed by atoms with Gasteiger partial charge in [-0.25, -0.2) is 0 Å². The van der Waals surface area contributed by atoms with E-state index in [9.17, 15) is 0 Å². The largest absolute Gasteiger partial charge is 0.102 e. The predicted octanol–water partition coefficient (Wildman–Crippen LogP) is 3.50. The van der Waals surface area contributed by atoms with Crippen molar-refractivity contribution < 1.29 is 0 Å². The molecule has 2 unspecified atom stereocenters. The molecule has 0 saturated carbocycles. The van der Waals surface area contributed by atoms with Gasteiger partial charge in [-0.05, 0) is 11.5 Å². The molecule has 64 valence electrons. The zero-order valence-corrected chi connectivity index (χ0v) is 7.88. The zero-order valence-electron chi connectivity index (χ0n) is 7.88. The van der Waals surface area contributed by atoms with Gasteiger partial charge in [0.05, 0.1) is 0 Å². The minimum Gasteiger partial charge on any atom is -0.102 e. The molecule has 0 bridgehead atoms. The van der Waals surface area contributed by atoms with Gasteiger partial charge in [0, 0.05) is 5.41 Å². The summed E-state index contributed by atoms with van der Waals surface area (Å²) in [6.07, 6.45) is 10.3. The van der Waals surface area contributed by atoms with Crippen LogP contribution >= 0.6 is 0 Å². The fourth-order valence-corrected chi connectivity index (χ4v) is 1.50. The molecule has 0 aliphatic heterocycles. The second-order valence-electron chi connectivity index (χ2n) is 3.52. The first-order chi connectivity index (χ1) is 5.64. The second-order valence-corrected chi connectivity index (χ2v) is 3.52. The molecule has 1 rings (SSSR count). The Balaban J connectivity index is 3.02. The van der Waals surface area contributed by atoms with Crippen molar-refractivity contribution in [3.05, 3.63) is 49.1 Å². The summed E-state index contributed by atoms with van der Waals surface area (Å²) in [5.74, 6) is 0.484. The van der Waals surface area contributed by atoms with Gasteiger partial charge in [-0.3, -0.25) is 0 Å². The Labute approximate surface area is 75.0 Å². The Morgan fingerprint density at radius 3 is 2.67 bits per heavy atom. The van der Waals surface area contributed by atoms with E-state index in [1.807, 2.05) is 12.2 Å². The number of rotatable bonds is 2. The maximum atomic E-state index is 3.86. The molecule has 0 N–H and O–H groups in total. The highest BCUT2D eigenvalue weighted by molar-refractivity contribution is 5.34. The highest BCUT2D eigenvalue weighted by Gasteiger charge is 2.28. The third-order valence-corrected chi connectivity index (χ3v) is 2.85. The van der Waals surface area contributed by atoms with Crippen LogP contribution in [0.2, 0.25) is 0 Å². The first-order valence-electron chi connectivity index (χ1n) is 4.29. The quantitative estimate of drug-likeness (QED) is 0.542. The van der Waals surface area contributed by atoms with Crippen LogP contribution in [0.15, 0.2) is 49.1 Å². The molecule has 0 aromatic heterocycles. The summed E-state index contributed by atoms with van der Waals surface area (Å²) in [4.78, 5) is 0. The summed E-state index contributed by atoms with van der Waals surface area (Å²) < 4.78 is 0. The third kappa shape index (κ3) is 1.29. The van der Waals surface area contributed by atoms with Crippen molar-refractivity contribution in [1.29, 1.82) is 0 Å². The van der Waals surface area contributed by atoms with E-state index in [1.54, 1.807) is 0 Å². The van der Waals surface area contributed by atoms with Crippen LogP contribution in [-0.2, 0) is 0 Å². The molecule has 1 aliphatic carbocycles. The number of allylic oxidation sites excluding steroid dienone is 6. The van der Waals surface area contributed by atoms with Gasteiger partial charge in [-0.1, -0.05) is 50.8 Å². The van der Waals surface area contributed by atoms with E-state index in [4.69, 9.17) is 0 Å². The lowest BCUT2D eigenvalue weighted by atomic mass is 9.71. The van der Waals surface area contributed by atoms with Gasteiger partial charge in [0.2, 0.25) is 0 Å². The minimum absolute atomic E-state index is 0.0955. The molecule has 0 radical (unpaired) electrons. The molecule has 0 aromatic carbocycles. The van der Waals surface area contributed by atoms with Crippen LogP contribution < -0.4 is 0 Å². The van der Waals surface area contributed by atoms with Crippen LogP contribution in [0.4, 0.5) is 0 Å². The molecule has 0 spiro atoms. The van der Waals surface area contributed by atoms with Gasteiger partial charge in [0.1, 0.15) is 0 Å². The van der Waals surface area contributed by atoms with Gasteiger partial charge in [-0.15, -0.1) is 6.58 Å². The van der Waals surface area contributed by atoms with Crippen LogP contribution in [0.3, 0.4) is 0 Å². The molecule has 0 saturated heterocycles. The third-order valence-electron chi connectivity index (χ3n) is 2.85. The van der Waals surface area contributed by atoms with Crippen molar-refractivity contribution in [1.82, 2.24) is 0 Å². The molecule has 0 fully saturated rings. The summed E-state index contributed by atoms with van der Waals surface area (Å²) in [5.41, 5.74) is 1.39. The first-order valence-corrected chi connectivity index (χ1v) is 4.29. The molecule has 1 aliphatic rings. The fraction of sp³-hybridized carbons (Fsp3) is 0.333. The lowest BCUT2D eigenvalue weighted by Crippen LogP contribution is -2.23. The summed E-state index contributed by atoms with van der Waals surface area (Å²) in [7, 11) is 0. The summed E-state index contributed by atoms with van der Waals surface area (Å²) in [5, 5.41) is 0. The van der Waals surface area contributed by atoms with Gasteiger partial charge < -0.3 is 0 Å². The van der Waals surface area contributed by atoms with Crippen LogP contribution in [0.25, 0.3) is 0 Å². The SMILES string of the molecule is C=CC1=CC=CC(C)(C=C)C1C. The van der Waals surface area contributed by atoms with Gasteiger partial charge >= 0.3 is 0 Å². The van der Waals surface area contributed by atoms with Crippen molar-refractivity contribution in [3.8, 4) is 0 Å². The maximum Gasteiger partial charge on any atom is 0.00991 e. The minimum atomic E-state index is 0.0955. The zero-order chi connectivity index (χ0) is 9.19. The molecule has 0 heteroatoms. The molecule has 0 aromatic rings. The van der Waals surface area contributed by atoms with Crippen LogP contribution in [0, 0.1) is 11.3 Å². The molecule has 0 heterocycles. The molecule has 0 nitrogen and oxygen atoms in total. The van der Waals surface area contributed by atoms with Crippen molar-refractivity contribution in [2.75, 3.05) is 0 Å². The van der Waals surface area contributed by atoms with E-state index in [-0.39, 0.29) is 5.41 Å². The smallest absolute Gasteiger partial charge is 0.00991 e. The summed E-state index contributed by atoms with van der Waals surface area (Å²) in [6, 6.07) is 0. The van der Waals surface area contributed by atoms with Crippen LogP contribution in [-0.4, -0.2) is 0 Å².